The number of ether oxygens (including phenoxy) is 1. The van der Waals surface area contributed by atoms with E-state index in [-0.39, 0.29) is 6.03 Å². The highest BCUT2D eigenvalue weighted by atomic mass is 16.5. The Morgan fingerprint density at radius 1 is 1.29 bits per heavy atom. The second-order valence-corrected chi connectivity index (χ2v) is 4.61. The molecule has 1 aromatic carbocycles. The van der Waals surface area contributed by atoms with Gasteiger partial charge in [-0.2, -0.15) is 0 Å². The van der Waals surface area contributed by atoms with Crippen molar-refractivity contribution in [3.8, 4) is 0 Å². The van der Waals surface area contributed by atoms with Crippen molar-refractivity contribution in [1.82, 2.24) is 10.6 Å². The molecule has 0 radical (unpaired) electrons. The van der Waals surface area contributed by atoms with Gasteiger partial charge in [0.15, 0.2) is 0 Å². The van der Waals surface area contributed by atoms with Crippen molar-refractivity contribution in [1.29, 1.82) is 0 Å². The Balaban J connectivity index is 2.33. The second kappa shape index (κ2) is 6.74. The summed E-state index contributed by atoms with van der Waals surface area (Å²) < 4.78 is 5.05. The molecule has 2 N–H and O–H groups in total. The van der Waals surface area contributed by atoms with E-state index in [1.54, 1.807) is 19.9 Å². The van der Waals surface area contributed by atoms with Gasteiger partial charge in [0, 0.05) is 0 Å². The highest BCUT2D eigenvalue weighted by molar-refractivity contribution is 5.95. The number of amides is 2. The molecule has 0 saturated heterocycles. The molecule has 2 rings (SSSR count). The number of allylic oxidation sites excluding steroid dienone is 1. The Bertz CT molecular complexity index is 591. The van der Waals surface area contributed by atoms with Crippen LogP contribution in [0.5, 0.6) is 0 Å². The highest BCUT2D eigenvalue weighted by Crippen LogP contribution is 2.16. The number of benzene rings is 1. The molecule has 0 aliphatic carbocycles. The van der Waals surface area contributed by atoms with E-state index < -0.39 is 12.0 Å². The van der Waals surface area contributed by atoms with Crippen molar-refractivity contribution in [3.63, 3.8) is 0 Å². The molecule has 110 valence electrons. The minimum Gasteiger partial charge on any atom is -0.463 e. The first-order chi connectivity index (χ1) is 10.1. The molecular weight excluding hydrogens is 268 g/mol. The van der Waals surface area contributed by atoms with E-state index in [9.17, 15) is 9.59 Å². The van der Waals surface area contributed by atoms with E-state index in [0.29, 0.717) is 17.9 Å². The minimum atomic E-state index is -0.426. The van der Waals surface area contributed by atoms with Crippen molar-refractivity contribution in [2.24, 2.45) is 0 Å². The van der Waals surface area contributed by atoms with Gasteiger partial charge in [-0.25, -0.2) is 9.59 Å². The van der Waals surface area contributed by atoms with Gasteiger partial charge in [0.05, 0.1) is 23.9 Å². The Labute approximate surface area is 123 Å². The molecule has 0 fully saturated rings. The number of urea groups is 1. The number of carbonyl (C=O) groups is 2. The largest absolute Gasteiger partial charge is 0.463 e. The molecule has 1 aliphatic rings. The Hall–Kier alpha value is -2.56. The molecule has 5 nitrogen and oxygen atoms in total. The molecule has 0 saturated carbocycles. The lowest BCUT2D eigenvalue weighted by atomic mass is 10.0. The van der Waals surface area contributed by atoms with Gasteiger partial charge >= 0.3 is 12.0 Å². The van der Waals surface area contributed by atoms with E-state index in [0.717, 1.165) is 5.56 Å². The maximum absolute atomic E-state index is 12.0. The average molecular weight is 286 g/mol. The normalized spacial score (nSPS) is 18.4. The van der Waals surface area contributed by atoms with E-state index in [1.165, 1.54) is 0 Å². The van der Waals surface area contributed by atoms with Crippen LogP contribution in [-0.4, -0.2) is 24.6 Å². The third kappa shape index (κ3) is 3.72. The zero-order valence-electron chi connectivity index (χ0n) is 12.1. The van der Waals surface area contributed by atoms with Crippen LogP contribution in [0.2, 0.25) is 0 Å². The molecule has 0 bridgehead atoms. The fraction of sp³-hybridized carbons (Fsp3) is 0.250. The summed E-state index contributed by atoms with van der Waals surface area (Å²) in [4.78, 5) is 23.6. The standard InChI is InChI=1S/C16H18N2O3/c1-3-21-15(19)14-11(2)17-16(20)18-13(14)10-9-12-7-5-4-6-8-12/h4-11H,3H2,1-2H3,(H2,17,18,20). The minimum absolute atomic E-state index is 0.290. The van der Waals surface area contributed by atoms with Crippen molar-refractivity contribution in [3.05, 3.63) is 53.2 Å². The zero-order chi connectivity index (χ0) is 15.2. The van der Waals surface area contributed by atoms with Gasteiger partial charge in [0.2, 0.25) is 0 Å². The summed E-state index contributed by atoms with van der Waals surface area (Å²) in [5, 5.41) is 5.30. The van der Waals surface area contributed by atoms with E-state index in [2.05, 4.69) is 10.6 Å². The highest BCUT2D eigenvalue weighted by Gasteiger charge is 2.28. The van der Waals surface area contributed by atoms with E-state index in [4.69, 9.17) is 4.74 Å². The fourth-order valence-corrected chi connectivity index (χ4v) is 2.10. The van der Waals surface area contributed by atoms with Crippen LogP contribution in [-0.2, 0) is 9.53 Å². The number of esters is 1. The Kier molecular flexibility index (Phi) is 4.77. The summed E-state index contributed by atoms with van der Waals surface area (Å²) in [5.74, 6) is -0.426. The predicted octanol–water partition coefficient (Wildman–Crippen LogP) is 2.22. The van der Waals surface area contributed by atoms with Gasteiger partial charge in [0.1, 0.15) is 0 Å². The first kappa shape index (κ1) is 14.8. The third-order valence-corrected chi connectivity index (χ3v) is 3.06. The van der Waals surface area contributed by atoms with Crippen LogP contribution in [0.4, 0.5) is 4.79 Å². The molecule has 0 spiro atoms. The predicted molar refractivity (Wildman–Crippen MR) is 80.3 cm³/mol. The Morgan fingerprint density at radius 2 is 2.00 bits per heavy atom. The summed E-state index contributed by atoms with van der Waals surface area (Å²) in [6, 6.07) is 8.92. The van der Waals surface area contributed by atoms with Crippen LogP contribution in [0.3, 0.4) is 0 Å². The van der Waals surface area contributed by atoms with Crippen LogP contribution in [0.25, 0.3) is 6.08 Å². The van der Waals surface area contributed by atoms with Gasteiger partial charge in [0.25, 0.3) is 0 Å². The van der Waals surface area contributed by atoms with Crippen molar-refractivity contribution in [2.45, 2.75) is 19.9 Å². The third-order valence-electron chi connectivity index (χ3n) is 3.06. The molecule has 2 amide bonds. The molecule has 0 aromatic heterocycles. The average Bonchev–Trinajstić information content (AvgIpc) is 2.45. The number of hydrogen-bond acceptors (Lipinski definition) is 3. The number of hydrogen-bond donors (Lipinski definition) is 2. The lowest BCUT2D eigenvalue weighted by molar-refractivity contribution is -0.138. The van der Waals surface area contributed by atoms with Crippen molar-refractivity contribution in [2.75, 3.05) is 6.61 Å². The quantitative estimate of drug-likeness (QED) is 0.834. The van der Waals surface area contributed by atoms with Gasteiger partial charge in [-0.05, 0) is 25.5 Å². The summed E-state index contributed by atoms with van der Waals surface area (Å²) >= 11 is 0. The molecule has 5 heteroatoms. The molecule has 1 unspecified atom stereocenters. The number of nitrogens with one attached hydrogen (secondary N) is 2. The number of rotatable bonds is 4. The molecular formula is C16H18N2O3. The van der Waals surface area contributed by atoms with Crippen LogP contribution in [0.15, 0.2) is 47.7 Å². The van der Waals surface area contributed by atoms with Gasteiger partial charge < -0.3 is 15.4 Å². The summed E-state index contributed by atoms with van der Waals surface area (Å²) in [6.07, 6.45) is 3.56. The van der Waals surface area contributed by atoms with Gasteiger partial charge in [-0.3, -0.25) is 0 Å². The lowest BCUT2D eigenvalue weighted by Gasteiger charge is -2.25. The fourth-order valence-electron chi connectivity index (χ4n) is 2.10. The van der Waals surface area contributed by atoms with Gasteiger partial charge in [-0.1, -0.05) is 36.4 Å². The van der Waals surface area contributed by atoms with Crippen molar-refractivity contribution >= 4 is 18.1 Å². The topological polar surface area (TPSA) is 67.4 Å². The van der Waals surface area contributed by atoms with Gasteiger partial charge in [-0.15, -0.1) is 0 Å². The smallest absolute Gasteiger partial charge is 0.338 e. The molecule has 21 heavy (non-hydrogen) atoms. The number of carbonyl (C=O) groups excluding carboxylic acids is 2. The SMILES string of the molecule is CCOC(=O)C1=C(C=Cc2ccccc2)NC(=O)NC1C. The Morgan fingerprint density at radius 3 is 2.67 bits per heavy atom. The second-order valence-electron chi connectivity index (χ2n) is 4.61. The molecule has 1 aliphatic heterocycles. The first-order valence-electron chi connectivity index (χ1n) is 6.83. The molecule has 1 heterocycles. The first-order valence-corrected chi connectivity index (χ1v) is 6.83. The van der Waals surface area contributed by atoms with Crippen LogP contribution in [0, 0.1) is 0 Å². The summed E-state index contributed by atoms with van der Waals surface area (Å²) in [5.41, 5.74) is 1.87. The van der Waals surface area contributed by atoms with E-state index >= 15 is 0 Å². The molecule has 1 aromatic rings. The van der Waals surface area contributed by atoms with Crippen molar-refractivity contribution < 1.29 is 14.3 Å². The summed E-state index contributed by atoms with van der Waals surface area (Å²) in [6.45, 7) is 3.79. The molecule has 1 atom stereocenters. The lowest BCUT2D eigenvalue weighted by Crippen LogP contribution is -2.48. The monoisotopic (exact) mass is 286 g/mol. The maximum atomic E-state index is 12.0. The zero-order valence-corrected chi connectivity index (χ0v) is 12.1. The van der Waals surface area contributed by atoms with Crippen LogP contribution >= 0.6 is 0 Å². The van der Waals surface area contributed by atoms with Crippen LogP contribution in [0.1, 0.15) is 19.4 Å². The van der Waals surface area contributed by atoms with Crippen LogP contribution < -0.4 is 10.6 Å². The maximum Gasteiger partial charge on any atom is 0.338 e. The van der Waals surface area contributed by atoms with E-state index in [1.807, 2.05) is 36.4 Å². The summed E-state index contributed by atoms with van der Waals surface area (Å²) in [7, 11) is 0.